The number of hydrogen-bond donors (Lipinski definition) is 1. The van der Waals surface area contributed by atoms with Crippen molar-refractivity contribution in [2.75, 3.05) is 6.61 Å². The lowest BCUT2D eigenvalue weighted by molar-refractivity contribution is 0.285. The molecule has 1 aromatic carbocycles. The molecule has 0 aromatic heterocycles. The molecular formula is C16H25NO. The fraction of sp³-hybridized carbons (Fsp3) is 0.500. The van der Waals surface area contributed by atoms with Crippen molar-refractivity contribution in [1.29, 1.82) is 0 Å². The first-order valence-electron chi connectivity index (χ1n) is 6.49. The van der Waals surface area contributed by atoms with Crippen molar-refractivity contribution in [3.63, 3.8) is 0 Å². The molecule has 2 heteroatoms. The first kappa shape index (κ1) is 14.8. The van der Waals surface area contributed by atoms with Crippen LogP contribution in [0.5, 0.6) is 5.75 Å². The molecule has 0 spiro atoms. The molecule has 1 aromatic rings. The number of hydrogen-bond acceptors (Lipinski definition) is 2. The van der Waals surface area contributed by atoms with Gasteiger partial charge in [-0.3, -0.25) is 0 Å². The molecule has 0 heterocycles. The van der Waals surface area contributed by atoms with Gasteiger partial charge >= 0.3 is 0 Å². The predicted molar refractivity (Wildman–Crippen MR) is 77.9 cm³/mol. The third-order valence-electron chi connectivity index (χ3n) is 3.20. The van der Waals surface area contributed by atoms with Crippen molar-refractivity contribution >= 4 is 0 Å². The molecule has 0 fully saturated rings. The molecular weight excluding hydrogens is 222 g/mol. The smallest absolute Gasteiger partial charge is 0.119 e. The molecule has 100 valence electrons. The van der Waals surface area contributed by atoms with Crippen LogP contribution in [0.15, 0.2) is 36.9 Å². The highest BCUT2D eigenvalue weighted by molar-refractivity contribution is 5.27. The first-order valence-corrected chi connectivity index (χ1v) is 6.49. The van der Waals surface area contributed by atoms with E-state index in [9.17, 15) is 0 Å². The summed E-state index contributed by atoms with van der Waals surface area (Å²) in [6.45, 7) is 14.0. The Morgan fingerprint density at radius 1 is 1.28 bits per heavy atom. The van der Waals surface area contributed by atoms with E-state index in [1.54, 1.807) is 6.08 Å². The van der Waals surface area contributed by atoms with Crippen LogP contribution in [0.3, 0.4) is 0 Å². The van der Waals surface area contributed by atoms with Gasteiger partial charge in [0.1, 0.15) is 12.4 Å². The zero-order chi connectivity index (χ0) is 13.6. The lowest BCUT2D eigenvalue weighted by Gasteiger charge is -2.28. The Labute approximate surface area is 111 Å². The topological polar surface area (TPSA) is 21.3 Å². The summed E-state index contributed by atoms with van der Waals surface area (Å²) in [6.07, 6.45) is 1.75. The summed E-state index contributed by atoms with van der Waals surface area (Å²) in [5, 5.41) is 3.54. The number of benzene rings is 1. The zero-order valence-electron chi connectivity index (χ0n) is 12.0. The van der Waals surface area contributed by atoms with E-state index >= 15 is 0 Å². The summed E-state index contributed by atoms with van der Waals surface area (Å²) in [7, 11) is 0. The summed E-state index contributed by atoms with van der Waals surface area (Å²) in [6, 6.07) is 8.68. The average Bonchev–Trinajstić information content (AvgIpc) is 2.33. The van der Waals surface area contributed by atoms with E-state index < -0.39 is 0 Å². The van der Waals surface area contributed by atoms with Crippen molar-refractivity contribution in [2.24, 2.45) is 5.41 Å². The van der Waals surface area contributed by atoms with Crippen molar-refractivity contribution < 1.29 is 4.74 Å². The summed E-state index contributed by atoms with van der Waals surface area (Å²) in [5.41, 5.74) is 1.56. The SMILES string of the molecule is C=CCOc1ccc(CNC(C)C(C)(C)C)cc1. The van der Waals surface area contributed by atoms with Crippen LogP contribution in [0.2, 0.25) is 0 Å². The Hall–Kier alpha value is -1.28. The maximum Gasteiger partial charge on any atom is 0.119 e. The molecule has 0 amide bonds. The van der Waals surface area contributed by atoms with E-state index in [2.05, 4.69) is 51.7 Å². The summed E-state index contributed by atoms with van der Waals surface area (Å²) < 4.78 is 5.45. The summed E-state index contributed by atoms with van der Waals surface area (Å²) >= 11 is 0. The van der Waals surface area contributed by atoms with Gasteiger partial charge < -0.3 is 10.1 Å². The Balaban J connectivity index is 2.46. The zero-order valence-corrected chi connectivity index (χ0v) is 12.0. The van der Waals surface area contributed by atoms with E-state index in [1.807, 2.05) is 12.1 Å². The maximum absolute atomic E-state index is 5.45. The van der Waals surface area contributed by atoms with Crippen LogP contribution in [0.4, 0.5) is 0 Å². The van der Waals surface area contributed by atoms with E-state index in [0.717, 1.165) is 12.3 Å². The second-order valence-corrected chi connectivity index (χ2v) is 5.71. The maximum atomic E-state index is 5.45. The van der Waals surface area contributed by atoms with E-state index in [0.29, 0.717) is 12.6 Å². The standard InChI is InChI=1S/C16H25NO/c1-6-11-18-15-9-7-14(8-10-15)12-17-13(2)16(3,4)5/h6-10,13,17H,1,11-12H2,2-5H3. The van der Waals surface area contributed by atoms with Gasteiger partial charge in [0.25, 0.3) is 0 Å². The minimum atomic E-state index is 0.285. The molecule has 0 aliphatic carbocycles. The number of ether oxygens (including phenoxy) is 1. The second kappa shape index (κ2) is 6.60. The van der Waals surface area contributed by atoms with E-state index in [4.69, 9.17) is 4.74 Å². The minimum absolute atomic E-state index is 0.285. The van der Waals surface area contributed by atoms with E-state index in [1.165, 1.54) is 5.56 Å². The van der Waals surface area contributed by atoms with Crippen LogP contribution in [0.25, 0.3) is 0 Å². The molecule has 1 atom stereocenters. The molecule has 0 radical (unpaired) electrons. The predicted octanol–water partition coefficient (Wildman–Crippen LogP) is 3.78. The van der Waals surface area contributed by atoms with Gasteiger partial charge in [-0.15, -0.1) is 0 Å². The fourth-order valence-corrected chi connectivity index (χ4v) is 1.44. The van der Waals surface area contributed by atoms with Crippen molar-refractivity contribution in [1.82, 2.24) is 5.32 Å². The third kappa shape index (κ3) is 4.92. The number of rotatable bonds is 6. The molecule has 0 saturated heterocycles. The molecule has 18 heavy (non-hydrogen) atoms. The Morgan fingerprint density at radius 2 is 1.89 bits per heavy atom. The molecule has 0 saturated carbocycles. The number of nitrogens with one attached hydrogen (secondary N) is 1. The van der Waals surface area contributed by atoms with Gasteiger partial charge in [-0.1, -0.05) is 45.6 Å². The molecule has 0 aliphatic heterocycles. The normalized spacial score (nSPS) is 13.1. The largest absolute Gasteiger partial charge is 0.490 e. The third-order valence-corrected chi connectivity index (χ3v) is 3.20. The minimum Gasteiger partial charge on any atom is -0.490 e. The quantitative estimate of drug-likeness (QED) is 0.773. The second-order valence-electron chi connectivity index (χ2n) is 5.71. The molecule has 0 aliphatic rings. The van der Waals surface area contributed by atoms with Gasteiger partial charge in [-0.05, 0) is 30.0 Å². The summed E-state index contributed by atoms with van der Waals surface area (Å²) in [5.74, 6) is 0.891. The van der Waals surface area contributed by atoms with Crippen LogP contribution in [-0.4, -0.2) is 12.6 Å². The van der Waals surface area contributed by atoms with Gasteiger partial charge in [0.05, 0.1) is 0 Å². The van der Waals surface area contributed by atoms with Crippen LogP contribution >= 0.6 is 0 Å². The Kier molecular flexibility index (Phi) is 5.42. The highest BCUT2D eigenvalue weighted by Gasteiger charge is 2.18. The molecule has 1 rings (SSSR count). The van der Waals surface area contributed by atoms with Crippen molar-refractivity contribution in [3.05, 3.63) is 42.5 Å². The lowest BCUT2D eigenvalue weighted by Crippen LogP contribution is -2.37. The fourth-order valence-electron chi connectivity index (χ4n) is 1.44. The highest BCUT2D eigenvalue weighted by Crippen LogP contribution is 2.19. The molecule has 1 unspecified atom stereocenters. The van der Waals surface area contributed by atoms with Crippen LogP contribution in [0.1, 0.15) is 33.3 Å². The van der Waals surface area contributed by atoms with Gasteiger partial charge in [0.15, 0.2) is 0 Å². The van der Waals surface area contributed by atoms with Gasteiger partial charge in [0.2, 0.25) is 0 Å². The molecule has 2 nitrogen and oxygen atoms in total. The Bertz CT molecular complexity index is 362. The van der Waals surface area contributed by atoms with Crippen LogP contribution in [-0.2, 0) is 6.54 Å². The first-order chi connectivity index (χ1) is 8.43. The highest BCUT2D eigenvalue weighted by atomic mass is 16.5. The summed E-state index contributed by atoms with van der Waals surface area (Å²) in [4.78, 5) is 0. The van der Waals surface area contributed by atoms with Crippen molar-refractivity contribution in [3.8, 4) is 5.75 Å². The average molecular weight is 247 g/mol. The van der Waals surface area contributed by atoms with Gasteiger partial charge in [-0.2, -0.15) is 0 Å². The van der Waals surface area contributed by atoms with Crippen LogP contribution < -0.4 is 10.1 Å². The molecule has 1 N–H and O–H groups in total. The molecule has 0 bridgehead atoms. The van der Waals surface area contributed by atoms with Gasteiger partial charge in [-0.25, -0.2) is 0 Å². The van der Waals surface area contributed by atoms with Crippen LogP contribution in [0, 0.1) is 5.41 Å². The monoisotopic (exact) mass is 247 g/mol. The van der Waals surface area contributed by atoms with E-state index in [-0.39, 0.29) is 5.41 Å². The van der Waals surface area contributed by atoms with Crippen molar-refractivity contribution in [2.45, 2.75) is 40.3 Å². The van der Waals surface area contributed by atoms with Gasteiger partial charge in [0, 0.05) is 12.6 Å². The Morgan fingerprint density at radius 3 is 2.39 bits per heavy atom. The lowest BCUT2D eigenvalue weighted by atomic mass is 9.88.